The lowest BCUT2D eigenvalue weighted by atomic mass is 10.0. The average Bonchev–Trinajstić information content (AvgIpc) is 2.12. The van der Waals surface area contributed by atoms with Gasteiger partial charge in [0.25, 0.3) is 0 Å². The first-order valence-corrected chi connectivity index (χ1v) is 4.23. The van der Waals surface area contributed by atoms with E-state index in [-0.39, 0.29) is 17.8 Å². The molecule has 4 heteroatoms. The zero-order valence-electron chi connectivity index (χ0n) is 7.76. The van der Waals surface area contributed by atoms with Crippen molar-refractivity contribution in [1.29, 1.82) is 0 Å². The van der Waals surface area contributed by atoms with Crippen LogP contribution in [-0.2, 0) is 11.2 Å². The largest absolute Gasteiger partial charge is 0.322 e. The summed E-state index contributed by atoms with van der Waals surface area (Å²) in [5.41, 5.74) is 5.35. The van der Waals surface area contributed by atoms with Gasteiger partial charge in [-0.05, 0) is 18.6 Å². The van der Waals surface area contributed by atoms with Crippen LogP contribution in [0.4, 0.5) is 8.78 Å². The van der Waals surface area contributed by atoms with E-state index in [1.54, 1.807) is 0 Å². The van der Waals surface area contributed by atoms with Gasteiger partial charge in [0.2, 0.25) is 0 Å². The number of halogens is 2. The minimum Gasteiger partial charge on any atom is -0.322 e. The van der Waals surface area contributed by atoms with Gasteiger partial charge in [0.15, 0.2) is 17.4 Å². The van der Waals surface area contributed by atoms with Gasteiger partial charge in [0.1, 0.15) is 0 Å². The van der Waals surface area contributed by atoms with E-state index < -0.39 is 17.7 Å². The molecule has 14 heavy (non-hydrogen) atoms. The zero-order chi connectivity index (χ0) is 10.7. The van der Waals surface area contributed by atoms with Crippen molar-refractivity contribution in [2.75, 3.05) is 0 Å². The highest BCUT2D eigenvalue weighted by Gasteiger charge is 2.13. The minimum absolute atomic E-state index is 0.0484. The summed E-state index contributed by atoms with van der Waals surface area (Å²) in [5.74, 6) is -2.23. The van der Waals surface area contributed by atoms with Gasteiger partial charge < -0.3 is 5.73 Å². The molecule has 0 saturated carbocycles. The highest BCUT2D eigenvalue weighted by molar-refractivity contribution is 5.85. The smallest absolute Gasteiger partial charge is 0.162 e. The fraction of sp³-hybridized carbons (Fsp3) is 0.300. The molecular weight excluding hydrogens is 188 g/mol. The molecule has 1 aromatic carbocycles. The summed E-state index contributed by atoms with van der Waals surface area (Å²) in [7, 11) is 0. The molecule has 0 bridgehead atoms. The molecule has 0 aliphatic rings. The van der Waals surface area contributed by atoms with Crippen LogP contribution in [0.3, 0.4) is 0 Å². The number of hydrogen-bond donors (Lipinski definition) is 1. The van der Waals surface area contributed by atoms with Crippen molar-refractivity contribution in [1.82, 2.24) is 0 Å². The fourth-order valence-electron chi connectivity index (χ4n) is 1.03. The standard InChI is InChI=1S/C10H11F2NO/c1-6(13)9(14)5-7-3-2-4-8(11)10(7)12/h2-4,6H,5,13H2,1H3. The summed E-state index contributed by atoms with van der Waals surface area (Å²) >= 11 is 0. The number of ketones is 1. The van der Waals surface area contributed by atoms with Crippen LogP contribution >= 0.6 is 0 Å². The number of hydrogen-bond acceptors (Lipinski definition) is 2. The molecule has 0 spiro atoms. The number of carbonyl (C=O) groups excluding carboxylic acids is 1. The predicted octanol–water partition coefficient (Wildman–Crippen LogP) is 1.42. The SMILES string of the molecule is CC(N)C(=O)Cc1cccc(F)c1F. The van der Waals surface area contributed by atoms with E-state index in [1.165, 1.54) is 19.1 Å². The van der Waals surface area contributed by atoms with Crippen LogP contribution in [0.25, 0.3) is 0 Å². The number of rotatable bonds is 3. The first-order chi connectivity index (χ1) is 6.52. The molecule has 1 rings (SSSR count). The molecule has 2 nitrogen and oxygen atoms in total. The normalized spacial score (nSPS) is 12.6. The Hall–Kier alpha value is -1.29. The second-order valence-electron chi connectivity index (χ2n) is 3.14. The zero-order valence-corrected chi connectivity index (χ0v) is 7.76. The van der Waals surface area contributed by atoms with Crippen LogP contribution in [0.5, 0.6) is 0 Å². The predicted molar refractivity (Wildman–Crippen MR) is 48.7 cm³/mol. The van der Waals surface area contributed by atoms with E-state index in [4.69, 9.17) is 5.73 Å². The monoisotopic (exact) mass is 199 g/mol. The van der Waals surface area contributed by atoms with Gasteiger partial charge in [0, 0.05) is 6.42 Å². The van der Waals surface area contributed by atoms with Gasteiger partial charge in [-0.1, -0.05) is 12.1 Å². The van der Waals surface area contributed by atoms with Crippen LogP contribution in [0.15, 0.2) is 18.2 Å². The molecule has 76 valence electrons. The Morgan fingerprint density at radius 3 is 2.71 bits per heavy atom. The summed E-state index contributed by atoms with van der Waals surface area (Å²) in [6, 6.07) is 3.09. The fourth-order valence-corrected chi connectivity index (χ4v) is 1.03. The number of nitrogens with two attached hydrogens (primary N) is 1. The third kappa shape index (κ3) is 2.35. The molecule has 1 unspecified atom stereocenters. The van der Waals surface area contributed by atoms with Crippen LogP contribution in [0.1, 0.15) is 12.5 Å². The van der Waals surface area contributed by atoms with Crippen molar-refractivity contribution < 1.29 is 13.6 Å². The quantitative estimate of drug-likeness (QED) is 0.800. The Morgan fingerprint density at radius 2 is 2.14 bits per heavy atom. The molecule has 2 N–H and O–H groups in total. The van der Waals surface area contributed by atoms with Crippen molar-refractivity contribution in [3.8, 4) is 0 Å². The number of Topliss-reactive ketones (excluding diaryl/α,β-unsaturated/α-hetero) is 1. The van der Waals surface area contributed by atoms with Crippen LogP contribution < -0.4 is 5.73 Å². The second-order valence-corrected chi connectivity index (χ2v) is 3.14. The Morgan fingerprint density at radius 1 is 1.50 bits per heavy atom. The molecular formula is C10H11F2NO. The van der Waals surface area contributed by atoms with Crippen molar-refractivity contribution >= 4 is 5.78 Å². The highest BCUT2D eigenvalue weighted by Crippen LogP contribution is 2.12. The number of benzene rings is 1. The lowest BCUT2D eigenvalue weighted by Crippen LogP contribution is -2.28. The van der Waals surface area contributed by atoms with E-state index in [0.29, 0.717) is 0 Å². The van der Waals surface area contributed by atoms with E-state index in [0.717, 1.165) is 6.07 Å². The van der Waals surface area contributed by atoms with Gasteiger partial charge in [-0.3, -0.25) is 4.79 Å². The summed E-state index contributed by atoms with van der Waals surface area (Å²) in [6.45, 7) is 1.51. The van der Waals surface area contributed by atoms with Gasteiger partial charge in [-0.15, -0.1) is 0 Å². The van der Waals surface area contributed by atoms with Crippen LogP contribution in [0.2, 0.25) is 0 Å². The number of carbonyl (C=O) groups is 1. The Labute approximate surface area is 80.7 Å². The summed E-state index contributed by atoms with van der Waals surface area (Å²) in [4.78, 5) is 11.2. The minimum atomic E-state index is -0.971. The second kappa shape index (κ2) is 4.28. The van der Waals surface area contributed by atoms with Crippen molar-refractivity contribution in [2.45, 2.75) is 19.4 Å². The van der Waals surface area contributed by atoms with Gasteiger partial charge >= 0.3 is 0 Å². The topological polar surface area (TPSA) is 43.1 Å². The van der Waals surface area contributed by atoms with Gasteiger partial charge in [0.05, 0.1) is 6.04 Å². The molecule has 0 aliphatic heterocycles. The molecule has 1 atom stereocenters. The molecule has 0 saturated heterocycles. The molecule has 0 heterocycles. The summed E-state index contributed by atoms with van der Waals surface area (Å²) < 4.78 is 25.8. The molecule has 0 aromatic heterocycles. The highest BCUT2D eigenvalue weighted by atomic mass is 19.2. The van der Waals surface area contributed by atoms with Crippen molar-refractivity contribution in [2.24, 2.45) is 5.73 Å². The Kier molecular flexibility index (Phi) is 3.30. The summed E-state index contributed by atoms with van der Waals surface area (Å²) in [6.07, 6.45) is -0.165. The van der Waals surface area contributed by atoms with Crippen LogP contribution in [-0.4, -0.2) is 11.8 Å². The van der Waals surface area contributed by atoms with Crippen molar-refractivity contribution in [3.63, 3.8) is 0 Å². The maximum atomic E-state index is 13.1. The lowest BCUT2D eigenvalue weighted by Gasteiger charge is -2.05. The molecule has 0 fully saturated rings. The third-order valence-corrected chi connectivity index (χ3v) is 1.90. The van der Waals surface area contributed by atoms with Crippen molar-refractivity contribution in [3.05, 3.63) is 35.4 Å². The third-order valence-electron chi connectivity index (χ3n) is 1.90. The summed E-state index contributed by atoms with van der Waals surface area (Å²) in [5, 5.41) is 0. The molecule has 0 radical (unpaired) electrons. The molecule has 0 aliphatic carbocycles. The maximum absolute atomic E-state index is 13.1. The van der Waals surface area contributed by atoms with E-state index in [2.05, 4.69) is 0 Å². The van der Waals surface area contributed by atoms with E-state index in [9.17, 15) is 13.6 Å². The van der Waals surface area contributed by atoms with Crippen LogP contribution in [0, 0.1) is 11.6 Å². The Balaban J connectivity index is 2.87. The Bertz CT molecular complexity index is 350. The van der Waals surface area contributed by atoms with E-state index >= 15 is 0 Å². The van der Waals surface area contributed by atoms with Gasteiger partial charge in [-0.25, -0.2) is 8.78 Å². The molecule has 0 amide bonds. The first kappa shape index (κ1) is 10.8. The maximum Gasteiger partial charge on any atom is 0.162 e. The average molecular weight is 199 g/mol. The lowest BCUT2D eigenvalue weighted by molar-refractivity contribution is -0.119. The first-order valence-electron chi connectivity index (χ1n) is 4.23. The molecule has 1 aromatic rings. The van der Waals surface area contributed by atoms with Gasteiger partial charge in [-0.2, -0.15) is 0 Å². The van der Waals surface area contributed by atoms with E-state index in [1.807, 2.05) is 0 Å².